The fraction of sp³-hybridized carbons (Fsp3) is 0.333. The molecule has 0 amide bonds. The Bertz CT molecular complexity index is 613. The molecule has 0 fully saturated rings. The lowest BCUT2D eigenvalue weighted by Crippen LogP contribution is -2.30. The predicted molar refractivity (Wildman–Crippen MR) is 78.4 cm³/mol. The van der Waals surface area contributed by atoms with Gasteiger partial charge in [0.05, 0.1) is 18.8 Å². The summed E-state index contributed by atoms with van der Waals surface area (Å²) in [5.74, 6) is 6.26. The molecule has 0 aliphatic rings. The zero-order valence-corrected chi connectivity index (χ0v) is 12.3. The Hall–Kier alpha value is -1.98. The molecule has 106 valence electrons. The molecular weight excluding hydrogens is 252 g/mol. The van der Waals surface area contributed by atoms with Gasteiger partial charge >= 0.3 is 0 Å². The molecular formula is C15H20N4O. The second-order valence-corrected chi connectivity index (χ2v) is 4.88. The molecule has 1 atom stereocenters. The highest BCUT2D eigenvalue weighted by atomic mass is 16.5. The van der Waals surface area contributed by atoms with E-state index in [1.807, 2.05) is 0 Å². The summed E-state index contributed by atoms with van der Waals surface area (Å²) in [7, 11) is 1.58. The number of benzene rings is 1. The highest BCUT2D eigenvalue weighted by molar-refractivity contribution is 5.41. The van der Waals surface area contributed by atoms with Gasteiger partial charge in [-0.2, -0.15) is 0 Å². The van der Waals surface area contributed by atoms with Crippen molar-refractivity contribution in [1.29, 1.82) is 0 Å². The van der Waals surface area contributed by atoms with Gasteiger partial charge in [0.1, 0.15) is 6.33 Å². The molecule has 0 spiro atoms. The van der Waals surface area contributed by atoms with Crippen molar-refractivity contribution < 1.29 is 4.74 Å². The normalized spacial score (nSPS) is 12.2. The Labute approximate surface area is 119 Å². The van der Waals surface area contributed by atoms with Gasteiger partial charge in [0.15, 0.2) is 0 Å². The predicted octanol–water partition coefficient (Wildman–Crippen LogP) is 1.96. The number of hydrogen-bond acceptors (Lipinski definition) is 5. The first-order valence-electron chi connectivity index (χ1n) is 6.46. The monoisotopic (exact) mass is 272 g/mol. The summed E-state index contributed by atoms with van der Waals surface area (Å²) in [5.41, 5.74) is 8.39. The van der Waals surface area contributed by atoms with E-state index in [1.165, 1.54) is 23.0 Å². The molecule has 0 aliphatic heterocycles. The highest BCUT2D eigenvalue weighted by Crippen LogP contribution is 2.26. The number of methoxy groups -OCH3 is 1. The molecule has 1 unspecified atom stereocenters. The van der Waals surface area contributed by atoms with E-state index < -0.39 is 0 Å². The van der Waals surface area contributed by atoms with Crippen molar-refractivity contribution in [2.24, 2.45) is 5.84 Å². The van der Waals surface area contributed by atoms with Crippen LogP contribution >= 0.6 is 0 Å². The van der Waals surface area contributed by atoms with Gasteiger partial charge in [-0.05, 0) is 43.0 Å². The van der Waals surface area contributed by atoms with Gasteiger partial charge in [0.2, 0.25) is 5.88 Å². The minimum absolute atomic E-state index is 0.189. The summed E-state index contributed by atoms with van der Waals surface area (Å²) >= 11 is 0. The maximum absolute atomic E-state index is 5.73. The zero-order chi connectivity index (χ0) is 14.7. The van der Waals surface area contributed by atoms with Gasteiger partial charge in [0.25, 0.3) is 0 Å². The van der Waals surface area contributed by atoms with Crippen molar-refractivity contribution >= 4 is 0 Å². The molecule has 0 bridgehead atoms. The number of aromatic nitrogens is 2. The van der Waals surface area contributed by atoms with E-state index in [4.69, 9.17) is 10.6 Å². The smallest absolute Gasteiger partial charge is 0.216 e. The number of rotatable bonds is 4. The van der Waals surface area contributed by atoms with Crippen LogP contribution in [0.25, 0.3) is 0 Å². The molecule has 0 aliphatic carbocycles. The van der Waals surface area contributed by atoms with Crippen LogP contribution in [0.3, 0.4) is 0 Å². The summed E-state index contributed by atoms with van der Waals surface area (Å²) in [5, 5.41) is 0. The fourth-order valence-corrected chi connectivity index (χ4v) is 2.25. The number of nitrogens with two attached hydrogens (primary N) is 1. The second kappa shape index (κ2) is 5.98. The highest BCUT2D eigenvalue weighted by Gasteiger charge is 2.18. The van der Waals surface area contributed by atoms with Gasteiger partial charge in [-0.25, -0.2) is 15.4 Å². The first kappa shape index (κ1) is 14.4. The van der Waals surface area contributed by atoms with Gasteiger partial charge in [-0.15, -0.1) is 0 Å². The van der Waals surface area contributed by atoms with Crippen molar-refractivity contribution in [2.75, 3.05) is 7.11 Å². The van der Waals surface area contributed by atoms with Crippen molar-refractivity contribution in [3.8, 4) is 5.88 Å². The first-order chi connectivity index (χ1) is 9.56. The molecule has 1 aromatic carbocycles. The van der Waals surface area contributed by atoms with E-state index in [9.17, 15) is 0 Å². The molecule has 0 saturated carbocycles. The Kier molecular flexibility index (Phi) is 4.32. The van der Waals surface area contributed by atoms with Crippen LogP contribution in [0.15, 0.2) is 24.5 Å². The van der Waals surface area contributed by atoms with Crippen LogP contribution < -0.4 is 16.0 Å². The quantitative estimate of drug-likeness (QED) is 0.657. The SMILES string of the molecule is COc1cc(C(NN)c2cc(C)c(C)cc2C)ncn1. The minimum Gasteiger partial charge on any atom is -0.481 e. The minimum atomic E-state index is -0.189. The fourth-order valence-electron chi connectivity index (χ4n) is 2.25. The summed E-state index contributed by atoms with van der Waals surface area (Å²) in [6, 6.07) is 5.90. The largest absolute Gasteiger partial charge is 0.481 e. The Morgan fingerprint density at radius 1 is 1.05 bits per heavy atom. The first-order valence-corrected chi connectivity index (χ1v) is 6.46. The number of ether oxygens (including phenoxy) is 1. The summed E-state index contributed by atoms with van der Waals surface area (Å²) in [6.07, 6.45) is 1.48. The van der Waals surface area contributed by atoms with E-state index >= 15 is 0 Å². The number of nitrogens with one attached hydrogen (secondary N) is 1. The standard InChI is InChI=1S/C15H20N4O/c1-9-5-11(3)12(6-10(9)2)15(19-16)13-7-14(20-4)18-8-17-13/h5-8,15,19H,16H2,1-4H3. The third kappa shape index (κ3) is 2.79. The van der Waals surface area contributed by atoms with Crippen LogP contribution in [0.1, 0.15) is 34.0 Å². The molecule has 5 nitrogen and oxygen atoms in total. The maximum Gasteiger partial charge on any atom is 0.216 e. The van der Waals surface area contributed by atoms with Gasteiger partial charge < -0.3 is 4.74 Å². The maximum atomic E-state index is 5.73. The van der Waals surface area contributed by atoms with E-state index in [2.05, 4.69) is 48.3 Å². The van der Waals surface area contributed by atoms with E-state index in [-0.39, 0.29) is 6.04 Å². The van der Waals surface area contributed by atoms with Crippen molar-refractivity contribution in [3.05, 3.63) is 52.5 Å². The van der Waals surface area contributed by atoms with E-state index in [1.54, 1.807) is 13.2 Å². The van der Waals surface area contributed by atoms with Crippen LogP contribution in [0.4, 0.5) is 0 Å². The molecule has 5 heteroatoms. The van der Waals surface area contributed by atoms with Crippen LogP contribution in [-0.2, 0) is 0 Å². The van der Waals surface area contributed by atoms with Crippen LogP contribution in [0.5, 0.6) is 5.88 Å². The van der Waals surface area contributed by atoms with E-state index in [0.717, 1.165) is 11.3 Å². The summed E-state index contributed by atoms with van der Waals surface area (Å²) in [6.45, 7) is 6.27. The molecule has 1 aromatic heterocycles. The number of hydrazine groups is 1. The number of hydrogen-bond donors (Lipinski definition) is 2. The van der Waals surface area contributed by atoms with Crippen molar-refractivity contribution in [1.82, 2.24) is 15.4 Å². The molecule has 2 rings (SSSR count). The molecule has 20 heavy (non-hydrogen) atoms. The molecule has 2 aromatic rings. The summed E-state index contributed by atoms with van der Waals surface area (Å²) in [4.78, 5) is 8.31. The molecule has 3 N–H and O–H groups in total. The lowest BCUT2D eigenvalue weighted by atomic mass is 9.94. The Morgan fingerprint density at radius 3 is 2.40 bits per heavy atom. The summed E-state index contributed by atoms with van der Waals surface area (Å²) < 4.78 is 5.14. The topological polar surface area (TPSA) is 73.1 Å². The number of aryl methyl sites for hydroxylation is 3. The van der Waals surface area contributed by atoms with Crippen LogP contribution in [0, 0.1) is 20.8 Å². The van der Waals surface area contributed by atoms with Crippen LogP contribution in [-0.4, -0.2) is 17.1 Å². The van der Waals surface area contributed by atoms with E-state index in [0.29, 0.717) is 5.88 Å². The van der Waals surface area contributed by atoms with Crippen molar-refractivity contribution in [3.63, 3.8) is 0 Å². The molecule has 0 saturated heterocycles. The second-order valence-electron chi connectivity index (χ2n) is 4.88. The zero-order valence-electron chi connectivity index (χ0n) is 12.3. The third-order valence-electron chi connectivity index (χ3n) is 3.53. The Balaban J connectivity index is 2.49. The van der Waals surface area contributed by atoms with Crippen LogP contribution in [0.2, 0.25) is 0 Å². The lowest BCUT2D eigenvalue weighted by molar-refractivity contribution is 0.395. The van der Waals surface area contributed by atoms with Gasteiger partial charge in [-0.3, -0.25) is 5.84 Å². The van der Waals surface area contributed by atoms with Gasteiger partial charge in [0, 0.05) is 6.07 Å². The average molecular weight is 272 g/mol. The van der Waals surface area contributed by atoms with Gasteiger partial charge in [-0.1, -0.05) is 12.1 Å². The van der Waals surface area contributed by atoms with Crippen molar-refractivity contribution in [2.45, 2.75) is 26.8 Å². The average Bonchev–Trinajstić information content (AvgIpc) is 2.45. The Morgan fingerprint density at radius 2 is 1.75 bits per heavy atom. The third-order valence-corrected chi connectivity index (χ3v) is 3.53. The number of nitrogens with zero attached hydrogens (tertiary/aromatic N) is 2. The molecule has 1 heterocycles. The molecule has 0 radical (unpaired) electrons. The lowest BCUT2D eigenvalue weighted by Gasteiger charge is -2.19.